The summed E-state index contributed by atoms with van der Waals surface area (Å²) in [6.45, 7) is 5.95. The molecule has 142 valence electrons. The van der Waals surface area contributed by atoms with E-state index >= 15 is 0 Å². The van der Waals surface area contributed by atoms with Crippen molar-refractivity contribution in [2.45, 2.75) is 46.1 Å². The van der Waals surface area contributed by atoms with Crippen molar-refractivity contribution in [3.63, 3.8) is 0 Å². The van der Waals surface area contributed by atoms with Gasteiger partial charge in [0.05, 0.1) is 5.69 Å². The first kappa shape index (κ1) is 19.2. The molecule has 0 saturated heterocycles. The van der Waals surface area contributed by atoms with Crippen molar-refractivity contribution in [2.24, 2.45) is 5.92 Å². The summed E-state index contributed by atoms with van der Waals surface area (Å²) in [6.07, 6.45) is 1.73. The minimum atomic E-state index is -0.256. The summed E-state index contributed by atoms with van der Waals surface area (Å²) in [5.74, 6) is 1.33. The molecule has 1 N–H and O–H groups in total. The van der Waals surface area contributed by atoms with Crippen molar-refractivity contribution in [1.29, 1.82) is 0 Å². The minimum Gasteiger partial charge on any atom is -0.423 e. The zero-order valence-corrected chi connectivity index (χ0v) is 16.6. The van der Waals surface area contributed by atoms with Crippen LogP contribution < -0.4 is 5.32 Å². The lowest BCUT2D eigenvalue weighted by atomic mass is 10.0. The second-order valence-corrected chi connectivity index (χ2v) is 7.78. The van der Waals surface area contributed by atoms with Crippen LogP contribution in [0.2, 0.25) is 0 Å². The number of hydrogen-bond donors (Lipinski definition) is 1. The van der Waals surface area contributed by atoms with Crippen LogP contribution in [-0.2, 0) is 11.2 Å². The molecule has 0 bridgehead atoms. The van der Waals surface area contributed by atoms with Gasteiger partial charge in [-0.25, -0.2) is 4.98 Å². The highest BCUT2D eigenvalue weighted by Gasteiger charge is 2.21. The summed E-state index contributed by atoms with van der Waals surface area (Å²) in [5, 5.41) is 14.0. The number of aryl methyl sites for hydroxylation is 2. The van der Waals surface area contributed by atoms with Crippen molar-refractivity contribution in [3.05, 3.63) is 53.2 Å². The topological polar surface area (TPSA) is 80.9 Å². The lowest BCUT2D eigenvalue weighted by Crippen LogP contribution is -2.30. The molecular weight excluding hydrogens is 360 g/mol. The van der Waals surface area contributed by atoms with E-state index in [0.29, 0.717) is 30.5 Å². The lowest BCUT2D eigenvalue weighted by Gasteiger charge is -2.17. The Labute approximate surface area is 163 Å². The summed E-state index contributed by atoms with van der Waals surface area (Å²) < 4.78 is 5.51. The van der Waals surface area contributed by atoms with Gasteiger partial charge in [-0.3, -0.25) is 4.79 Å². The van der Waals surface area contributed by atoms with Gasteiger partial charge in [-0.15, -0.1) is 21.5 Å². The SMILES string of the molecule is Cc1nnc(C(CC(C)C)NC(=O)CCc2csc(-c3ccccc3)n2)o1. The molecule has 0 saturated carbocycles. The molecule has 1 amide bonds. The van der Waals surface area contributed by atoms with Gasteiger partial charge in [-0.1, -0.05) is 44.2 Å². The Balaban J connectivity index is 1.57. The summed E-state index contributed by atoms with van der Waals surface area (Å²) in [7, 11) is 0. The average molecular weight is 385 g/mol. The van der Waals surface area contributed by atoms with Crippen LogP contribution in [0, 0.1) is 12.8 Å². The van der Waals surface area contributed by atoms with E-state index in [1.165, 1.54) is 0 Å². The fourth-order valence-electron chi connectivity index (χ4n) is 2.79. The highest BCUT2D eigenvalue weighted by molar-refractivity contribution is 7.13. The molecule has 0 aliphatic rings. The standard InChI is InChI=1S/C20H24N4O2S/c1-13(2)11-17(19-24-23-14(3)26-19)22-18(25)10-9-16-12-27-20(21-16)15-7-5-4-6-8-15/h4-8,12-13,17H,9-11H2,1-3H3,(H,22,25). The third kappa shape index (κ3) is 5.47. The van der Waals surface area contributed by atoms with E-state index in [4.69, 9.17) is 4.42 Å². The largest absolute Gasteiger partial charge is 0.423 e. The van der Waals surface area contributed by atoms with E-state index < -0.39 is 0 Å². The molecule has 1 aromatic carbocycles. The second-order valence-electron chi connectivity index (χ2n) is 6.92. The Hall–Kier alpha value is -2.54. The number of carbonyl (C=O) groups excluding carboxylic acids is 1. The number of thiazole rings is 1. The maximum absolute atomic E-state index is 12.4. The van der Waals surface area contributed by atoms with Gasteiger partial charge in [0.15, 0.2) is 0 Å². The van der Waals surface area contributed by atoms with Crippen LogP contribution in [0.15, 0.2) is 40.1 Å². The highest BCUT2D eigenvalue weighted by atomic mass is 32.1. The van der Waals surface area contributed by atoms with Crippen LogP contribution in [0.3, 0.4) is 0 Å². The third-order valence-electron chi connectivity index (χ3n) is 4.06. The van der Waals surface area contributed by atoms with Gasteiger partial charge >= 0.3 is 0 Å². The quantitative estimate of drug-likeness (QED) is 0.625. The van der Waals surface area contributed by atoms with E-state index in [-0.39, 0.29) is 11.9 Å². The van der Waals surface area contributed by atoms with E-state index in [9.17, 15) is 4.79 Å². The van der Waals surface area contributed by atoms with Crippen molar-refractivity contribution >= 4 is 17.2 Å². The van der Waals surface area contributed by atoms with E-state index in [1.807, 2.05) is 35.7 Å². The predicted molar refractivity (Wildman–Crippen MR) is 105 cm³/mol. The molecule has 7 heteroatoms. The molecule has 3 rings (SSSR count). The van der Waals surface area contributed by atoms with Crippen molar-refractivity contribution in [1.82, 2.24) is 20.5 Å². The number of hydrogen-bond acceptors (Lipinski definition) is 6. The Morgan fingerprint density at radius 2 is 2.00 bits per heavy atom. The molecule has 2 heterocycles. The van der Waals surface area contributed by atoms with Gasteiger partial charge in [0.1, 0.15) is 11.0 Å². The number of nitrogens with zero attached hydrogens (tertiary/aromatic N) is 3. The van der Waals surface area contributed by atoms with Crippen LogP contribution >= 0.6 is 11.3 Å². The molecule has 6 nitrogen and oxygen atoms in total. The zero-order chi connectivity index (χ0) is 19.2. The molecule has 2 aromatic heterocycles. The van der Waals surface area contributed by atoms with Crippen molar-refractivity contribution < 1.29 is 9.21 Å². The Morgan fingerprint density at radius 3 is 2.67 bits per heavy atom. The molecule has 0 aliphatic carbocycles. The number of amides is 1. The maximum atomic E-state index is 12.4. The number of nitrogens with one attached hydrogen (secondary N) is 1. The first-order valence-electron chi connectivity index (χ1n) is 9.10. The summed E-state index contributed by atoms with van der Waals surface area (Å²) in [4.78, 5) is 17.1. The first-order valence-corrected chi connectivity index (χ1v) is 9.98. The third-order valence-corrected chi connectivity index (χ3v) is 5.00. The molecule has 0 fully saturated rings. The Morgan fingerprint density at radius 1 is 1.22 bits per heavy atom. The van der Waals surface area contributed by atoms with Gasteiger partial charge in [0, 0.05) is 24.3 Å². The van der Waals surface area contributed by atoms with Crippen LogP contribution in [0.1, 0.15) is 50.2 Å². The zero-order valence-electron chi connectivity index (χ0n) is 15.8. The molecule has 1 unspecified atom stereocenters. The van der Waals surface area contributed by atoms with Crippen molar-refractivity contribution in [2.75, 3.05) is 0 Å². The summed E-state index contributed by atoms with van der Waals surface area (Å²) in [6, 6.07) is 9.81. The normalized spacial score (nSPS) is 12.3. The molecule has 27 heavy (non-hydrogen) atoms. The Kier molecular flexibility index (Phi) is 6.34. The predicted octanol–water partition coefficient (Wildman–Crippen LogP) is 4.34. The number of rotatable bonds is 8. The molecular formula is C20H24N4O2S. The molecule has 1 atom stereocenters. The van der Waals surface area contributed by atoms with E-state index in [1.54, 1.807) is 18.3 Å². The molecule has 0 spiro atoms. The maximum Gasteiger partial charge on any atom is 0.238 e. The van der Waals surface area contributed by atoms with E-state index in [2.05, 4.69) is 34.3 Å². The second kappa shape index (κ2) is 8.90. The molecule has 0 aliphatic heterocycles. The fourth-order valence-corrected chi connectivity index (χ4v) is 3.65. The van der Waals surface area contributed by atoms with E-state index in [0.717, 1.165) is 22.7 Å². The van der Waals surface area contributed by atoms with Gasteiger partial charge in [0.2, 0.25) is 17.7 Å². The van der Waals surface area contributed by atoms with Crippen LogP contribution in [0.25, 0.3) is 10.6 Å². The lowest BCUT2D eigenvalue weighted by molar-refractivity contribution is -0.122. The van der Waals surface area contributed by atoms with Crippen molar-refractivity contribution in [3.8, 4) is 10.6 Å². The fraction of sp³-hybridized carbons (Fsp3) is 0.400. The molecule has 0 radical (unpaired) electrons. The number of benzene rings is 1. The smallest absolute Gasteiger partial charge is 0.238 e. The van der Waals surface area contributed by atoms with Crippen LogP contribution in [0.5, 0.6) is 0 Å². The number of aromatic nitrogens is 3. The summed E-state index contributed by atoms with van der Waals surface area (Å²) in [5.41, 5.74) is 2.03. The Bertz CT molecular complexity index is 873. The average Bonchev–Trinajstić information content (AvgIpc) is 3.29. The highest BCUT2D eigenvalue weighted by Crippen LogP contribution is 2.24. The van der Waals surface area contributed by atoms with Crippen LogP contribution in [0.4, 0.5) is 0 Å². The van der Waals surface area contributed by atoms with Gasteiger partial charge in [-0.2, -0.15) is 0 Å². The van der Waals surface area contributed by atoms with Crippen LogP contribution in [-0.4, -0.2) is 21.1 Å². The molecule has 3 aromatic rings. The summed E-state index contributed by atoms with van der Waals surface area (Å²) >= 11 is 1.60. The first-order chi connectivity index (χ1) is 13.0. The van der Waals surface area contributed by atoms with Gasteiger partial charge in [-0.05, 0) is 18.8 Å². The number of carbonyl (C=O) groups is 1. The van der Waals surface area contributed by atoms with Gasteiger partial charge in [0.25, 0.3) is 0 Å². The monoisotopic (exact) mass is 384 g/mol. The minimum absolute atomic E-state index is 0.0363. The van der Waals surface area contributed by atoms with Gasteiger partial charge < -0.3 is 9.73 Å².